The topological polar surface area (TPSA) is 42.3 Å². The predicted molar refractivity (Wildman–Crippen MR) is 83.5 cm³/mol. The second-order valence-electron chi connectivity index (χ2n) is 2.70. The van der Waals surface area contributed by atoms with E-state index in [-0.39, 0.29) is 5.90 Å². The molecule has 0 amide bonds. The van der Waals surface area contributed by atoms with Crippen LogP contribution in [-0.2, 0) is 4.74 Å². The molecule has 3 nitrogen and oxygen atoms in total. The van der Waals surface area contributed by atoms with Crippen LogP contribution in [0.4, 0.5) is 0 Å². The molecule has 1 aromatic rings. The van der Waals surface area contributed by atoms with Crippen molar-refractivity contribution in [2.24, 2.45) is 0 Å². The number of rotatable bonds is 4. The number of halogens is 1. The summed E-state index contributed by atoms with van der Waals surface area (Å²) in [5.41, 5.74) is 0.690. The molecule has 1 rings (SSSR count). The zero-order chi connectivity index (χ0) is 15.1. The van der Waals surface area contributed by atoms with Crippen molar-refractivity contribution in [3.05, 3.63) is 42.2 Å². The lowest BCUT2D eigenvalue weighted by Crippen LogP contribution is -2.00. The van der Waals surface area contributed by atoms with Gasteiger partial charge in [0.05, 0.1) is 13.4 Å². The molecule has 0 aromatic heterocycles. The van der Waals surface area contributed by atoms with E-state index in [0.717, 1.165) is 5.75 Å². The summed E-state index contributed by atoms with van der Waals surface area (Å²) in [4.78, 5) is 0. The van der Waals surface area contributed by atoms with Crippen molar-refractivity contribution >= 4 is 17.5 Å². The van der Waals surface area contributed by atoms with Crippen LogP contribution in [-0.4, -0.2) is 18.9 Å². The zero-order valence-electron chi connectivity index (χ0n) is 12.4. The maximum atomic E-state index is 7.58. The quantitative estimate of drug-likeness (QED) is 0.372. The molecule has 0 aliphatic heterocycles. The summed E-state index contributed by atoms with van der Waals surface area (Å²) in [5.74, 6) is 1.21. The molecule has 0 saturated heterocycles. The molecule has 0 spiro atoms. The minimum atomic E-state index is 0.0824. The fraction of sp³-hybridized carbons (Fsp3) is 0.400. The molecule has 0 aliphatic rings. The summed E-state index contributed by atoms with van der Waals surface area (Å²) in [7, 11) is 1.60. The highest BCUT2D eigenvalue weighted by Crippen LogP contribution is 2.11. The number of benzene rings is 1. The predicted octanol–water partition coefficient (Wildman–Crippen LogP) is 4.84. The fourth-order valence-electron chi connectivity index (χ4n) is 0.963. The summed E-state index contributed by atoms with van der Waals surface area (Å²) >= 11 is 5.42. The SMILES string of the molecule is CC.CC.COc1ccc(C(=N)O/C=C/CCl)cc1. The van der Waals surface area contributed by atoms with Gasteiger partial charge in [-0.25, -0.2) is 0 Å². The van der Waals surface area contributed by atoms with E-state index in [0.29, 0.717) is 11.4 Å². The van der Waals surface area contributed by atoms with Crippen LogP contribution >= 0.6 is 11.6 Å². The van der Waals surface area contributed by atoms with Gasteiger partial charge in [0, 0.05) is 11.4 Å². The Hall–Kier alpha value is -1.48. The summed E-state index contributed by atoms with van der Waals surface area (Å²) in [6.07, 6.45) is 3.03. The highest BCUT2D eigenvalue weighted by Gasteiger charge is 2.00. The molecule has 1 aromatic carbocycles. The molecule has 0 saturated carbocycles. The molecule has 108 valence electrons. The van der Waals surface area contributed by atoms with E-state index < -0.39 is 0 Å². The van der Waals surface area contributed by atoms with Gasteiger partial charge in [0.1, 0.15) is 5.75 Å². The molecule has 0 aliphatic carbocycles. The first kappa shape index (κ1) is 19.9. The Bertz CT molecular complexity index is 348. The van der Waals surface area contributed by atoms with Gasteiger partial charge in [-0.2, -0.15) is 0 Å². The number of hydrogen-bond donors (Lipinski definition) is 1. The van der Waals surface area contributed by atoms with Gasteiger partial charge in [-0.1, -0.05) is 27.7 Å². The van der Waals surface area contributed by atoms with Crippen molar-refractivity contribution in [3.8, 4) is 5.75 Å². The van der Waals surface area contributed by atoms with Crippen LogP contribution in [0.2, 0.25) is 0 Å². The number of ether oxygens (including phenoxy) is 2. The standard InChI is InChI=1S/C11H12ClNO2.2C2H6/c1-14-10-5-3-9(4-6-10)11(13)15-8-2-7-12;2*1-2/h2-6,8,13H,7H2,1H3;2*1-2H3/b8-2+,13-11?;;. The first-order chi connectivity index (χ1) is 9.27. The number of methoxy groups -OCH3 is 1. The number of nitrogens with one attached hydrogen (secondary N) is 1. The van der Waals surface area contributed by atoms with E-state index in [1.54, 1.807) is 37.5 Å². The largest absolute Gasteiger partial charge is 0.497 e. The second-order valence-corrected chi connectivity index (χ2v) is 3.01. The van der Waals surface area contributed by atoms with Gasteiger partial charge in [-0.05, 0) is 30.3 Å². The Labute approximate surface area is 121 Å². The van der Waals surface area contributed by atoms with Gasteiger partial charge in [-0.15, -0.1) is 11.6 Å². The van der Waals surface area contributed by atoms with Crippen molar-refractivity contribution in [1.29, 1.82) is 5.41 Å². The van der Waals surface area contributed by atoms with E-state index in [1.165, 1.54) is 6.26 Å². The molecule has 0 bridgehead atoms. The van der Waals surface area contributed by atoms with E-state index in [9.17, 15) is 0 Å². The first-order valence-corrected chi connectivity index (χ1v) is 6.92. The minimum Gasteiger partial charge on any atom is -0.497 e. The van der Waals surface area contributed by atoms with E-state index in [1.807, 2.05) is 27.7 Å². The van der Waals surface area contributed by atoms with Gasteiger partial charge in [0.2, 0.25) is 5.90 Å². The molecule has 0 fully saturated rings. The molecule has 4 heteroatoms. The maximum Gasteiger partial charge on any atom is 0.218 e. The fourth-order valence-corrected chi connectivity index (χ4v) is 1.04. The summed E-state index contributed by atoms with van der Waals surface area (Å²) in [6.45, 7) is 8.00. The monoisotopic (exact) mass is 285 g/mol. The van der Waals surface area contributed by atoms with E-state index in [2.05, 4.69) is 0 Å². The van der Waals surface area contributed by atoms with Crippen LogP contribution in [0.3, 0.4) is 0 Å². The van der Waals surface area contributed by atoms with Crippen LogP contribution in [0.25, 0.3) is 0 Å². The molecular weight excluding hydrogens is 262 g/mol. The van der Waals surface area contributed by atoms with Crippen molar-refractivity contribution < 1.29 is 9.47 Å². The van der Waals surface area contributed by atoms with Crippen LogP contribution < -0.4 is 4.74 Å². The second kappa shape index (κ2) is 14.6. The summed E-state index contributed by atoms with van der Waals surface area (Å²) in [5, 5.41) is 7.58. The summed E-state index contributed by atoms with van der Waals surface area (Å²) in [6, 6.07) is 7.07. The highest BCUT2D eigenvalue weighted by atomic mass is 35.5. The molecule has 0 atom stereocenters. The van der Waals surface area contributed by atoms with Crippen molar-refractivity contribution in [2.45, 2.75) is 27.7 Å². The third kappa shape index (κ3) is 9.14. The molecule has 0 heterocycles. The van der Waals surface area contributed by atoms with Crippen LogP contribution in [0, 0.1) is 5.41 Å². The lowest BCUT2D eigenvalue weighted by molar-refractivity contribution is 0.414. The highest BCUT2D eigenvalue weighted by molar-refractivity contribution is 6.18. The third-order valence-electron chi connectivity index (χ3n) is 1.72. The Morgan fingerprint density at radius 2 is 1.68 bits per heavy atom. The first-order valence-electron chi connectivity index (χ1n) is 6.38. The van der Waals surface area contributed by atoms with Gasteiger partial charge in [-0.3, -0.25) is 5.41 Å². The Morgan fingerprint density at radius 3 is 2.11 bits per heavy atom. The van der Waals surface area contributed by atoms with E-state index >= 15 is 0 Å². The van der Waals surface area contributed by atoms with Crippen LogP contribution in [0.5, 0.6) is 5.75 Å². The number of allylic oxidation sites excluding steroid dienone is 1. The smallest absolute Gasteiger partial charge is 0.218 e. The van der Waals surface area contributed by atoms with Crippen LogP contribution in [0.15, 0.2) is 36.6 Å². The minimum absolute atomic E-state index is 0.0824. The summed E-state index contributed by atoms with van der Waals surface area (Å²) < 4.78 is 10.0. The zero-order valence-corrected chi connectivity index (χ0v) is 13.1. The average molecular weight is 286 g/mol. The van der Waals surface area contributed by atoms with Gasteiger partial charge < -0.3 is 9.47 Å². The Kier molecular flexibility index (Phi) is 15.2. The third-order valence-corrected chi connectivity index (χ3v) is 1.90. The molecule has 0 unspecified atom stereocenters. The average Bonchev–Trinajstić information content (AvgIpc) is 2.51. The Balaban J connectivity index is 0. The Morgan fingerprint density at radius 1 is 1.16 bits per heavy atom. The van der Waals surface area contributed by atoms with Crippen LogP contribution in [0.1, 0.15) is 33.3 Å². The molecule has 1 N–H and O–H groups in total. The van der Waals surface area contributed by atoms with Gasteiger partial charge in [0.15, 0.2) is 0 Å². The lowest BCUT2D eigenvalue weighted by atomic mass is 10.2. The lowest BCUT2D eigenvalue weighted by Gasteiger charge is -2.03. The maximum absolute atomic E-state index is 7.58. The molecule has 19 heavy (non-hydrogen) atoms. The van der Waals surface area contributed by atoms with E-state index in [4.69, 9.17) is 26.5 Å². The molecule has 0 radical (unpaired) electrons. The molecular formula is C15H24ClNO2. The van der Waals surface area contributed by atoms with Crippen molar-refractivity contribution in [3.63, 3.8) is 0 Å². The van der Waals surface area contributed by atoms with Crippen molar-refractivity contribution in [1.82, 2.24) is 0 Å². The van der Waals surface area contributed by atoms with Crippen molar-refractivity contribution in [2.75, 3.05) is 13.0 Å². The number of hydrogen-bond acceptors (Lipinski definition) is 3. The van der Waals surface area contributed by atoms with Gasteiger partial charge >= 0.3 is 0 Å². The normalized spacial score (nSPS) is 8.74. The number of alkyl halides is 1. The van der Waals surface area contributed by atoms with Gasteiger partial charge in [0.25, 0.3) is 0 Å².